The zero-order valence-corrected chi connectivity index (χ0v) is 14.0. The number of benzene rings is 1. The number of carbonyl (C=O) groups excluding carboxylic acids is 1. The summed E-state index contributed by atoms with van der Waals surface area (Å²) >= 11 is 9.48. The van der Waals surface area contributed by atoms with Crippen LogP contribution in [0, 0.1) is 0 Å². The largest absolute Gasteiger partial charge is 0.373 e. The zero-order chi connectivity index (χ0) is 15.4. The lowest BCUT2D eigenvalue weighted by molar-refractivity contribution is 0.102. The lowest BCUT2D eigenvalue weighted by atomic mass is 10.1. The van der Waals surface area contributed by atoms with Crippen molar-refractivity contribution in [3.8, 4) is 0 Å². The van der Waals surface area contributed by atoms with Gasteiger partial charge in [-0.15, -0.1) is 0 Å². The highest BCUT2D eigenvalue weighted by molar-refractivity contribution is 9.10. The van der Waals surface area contributed by atoms with E-state index >= 15 is 0 Å². The lowest BCUT2D eigenvalue weighted by Gasteiger charge is -2.12. The van der Waals surface area contributed by atoms with Gasteiger partial charge in [0.25, 0.3) is 5.91 Å². The normalized spacial score (nSPS) is 10.3. The SMILES string of the molecule is CCc1cc(Br)ccc1NC(=O)c1cc(NC)ncc1Cl. The predicted octanol–water partition coefficient (Wildman–Crippen LogP) is 4.35. The predicted molar refractivity (Wildman–Crippen MR) is 90.3 cm³/mol. The topological polar surface area (TPSA) is 54.0 Å². The Hall–Kier alpha value is -1.59. The highest BCUT2D eigenvalue weighted by Crippen LogP contribution is 2.24. The van der Waals surface area contributed by atoms with E-state index in [1.165, 1.54) is 6.20 Å². The first-order valence-corrected chi connectivity index (χ1v) is 7.65. The Kier molecular flexibility index (Phi) is 5.20. The number of aromatic nitrogens is 1. The van der Waals surface area contributed by atoms with Crippen LogP contribution in [-0.2, 0) is 6.42 Å². The van der Waals surface area contributed by atoms with Gasteiger partial charge in [0.05, 0.1) is 10.6 Å². The van der Waals surface area contributed by atoms with Crippen LogP contribution in [0.3, 0.4) is 0 Å². The molecule has 2 aromatic rings. The smallest absolute Gasteiger partial charge is 0.257 e. The van der Waals surface area contributed by atoms with Gasteiger partial charge in [-0.1, -0.05) is 34.5 Å². The van der Waals surface area contributed by atoms with Crippen LogP contribution in [0.5, 0.6) is 0 Å². The van der Waals surface area contributed by atoms with Gasteiger partial charge < -0.3 is 10.6 Å². The van der Waals surface area contributed by atoms with Crippen molar-refractivity contribution in [3.05, 3.63) is 51.1 Å². The van der Waals surface area contributed by atoms with Gasteiger partial charge >= 0.3 is 0 Å². The van der Waals surface area contributed by atoms with Gasteiger partial charge in [-0.2, -0.15) is 0 Å². The van der Waals surface area contributed by atoms with Crippen LogP contribution in [0.2, 0.25) is 5.02 Å². The molecule has 1 heterocycles. The quantitative estimate of drug-likeness (QED) is 0.843. The van der Waals surface area contributed by atoms with Crippen molar-refractivity contribution < 1.29 is 4.79 Å². The molecular formula is C15H15BrClN3O. The Morgan fingerprint density at radius 3 is 2.81 bits per heavy atom. The molecule has 0 aliphatic carbocycles. The van der Waals surface area contributed by atoms with Crippen molar-refractivity contribution in [2.75, 3.05) is 17.7 Å². The Labute approximate surface area is 137 Å². The molecule has 0 radical (unpaired) electrons. The van der Waals surface area contributed by atoms with E-state index in [2.05, 4.69) is 31.5 Å². The molecule has 2 rings (SSSR count). The van der Waals surface area contributed by atoms with Crippen LogP contribution >= 0.6 is 27.5 Å². The summed E-state index contributed by atoms with van der Waals surface area (Å²) in [6.45, 7) is 2.04. The fraction of sp³-hybridized carbons (Fsp3) is 0.200. The van der Waals surface area contributed by atoms with Crippen molar-refractivity contribution in [2.45, 2.75) is 13.3 Å². The molecule has 21 heavy (non-hydrogen) atoms. The second-order valence-corrected chi connectivity index (χ2v) is 5.73. The number of nitrogens with one attached hydrogen (secondary N) is 2. The molecule has 6 heteroatoms. The summed E-state index contributed by atoms with van der Waals surface area (Å²) in [4.78, 5) is 16.5. The zero-order valence-electron chi connectivity index (χ0n) is 11.7. The number of amides is 1. The fourth-order valence-electron chi connectivity index (χ4n) is 1.92. The monoisotopic (exact) mass is 367 g/mol. The van der Waals surface area contributed by atoms with Crippen molar-refractivity contribution in [1.29, 1.82) is 0 Å². The maximum atomic E-state index is 12.4. The van der Waals surface area contributed by atoms with Gasteiger partial charge in [-0.25, -0.2) is 4.98 Å². The molecule has 0 bridgehead atoms. The molecule has 1 aromatic heterocycles. The third-order valence-corrected chi connectivity index (χ3v) is 3.85. The first kappa shape index (κ1) is 15.8. The molecule has 0 unspecified atom stereocenters. The van der Waals surface area contributed by atoms with E-state index in [0.29, 0.717) is 16.4 Å². The standard InChI is InChI=1S/C15H15BrClN3O/c1-3-9-6-10(16)4-5-13(9)20-15(21)11-7-14(18-2)19-8-12(11)17/h4-8H,3H2,1-2H3,(H,18,19)(H,20,21). The van der Waals surface area contributed by atoms with E-state index in [4.69, 9.17) is 11.6 Å². The van der Waals surface area contributed by atoms with Crippen LogP contribution in [0.25, 0.3) is 0 Å². The highest BCUT2D eigenvalue weighted by Gasteiger charge is 2.13. The molecule has 2 N–H and O–H groups in total. The van der Waals surface area contributed by atoms with Gasteiger partial charge in [-0.3, -0.25) is 4.79 Å². The van der Waals surface area contributed by atoms with Gasteiger partial charge in [0.15, 0.2) is 0 Å². The summed E-state index contributed by atoms with van der Waals surface area (Å²) < 4.78 is 0.983. The average molecular weight is 369 g/mol. The summed E-state index contributed by atoms with van der Waals surface area (Å²) in [5.74, 6) is 0.340. The Bertz CT molecular complexity index is 676. The van der Waals surface area contributed by atoms with Gasteiger partial charge in [-0.05, 0) is 36.2 Å². The molecule has 0 aliphatic heterocycles. The van der Waals surface area contributed by atoms with Crippen LogP contribution in [-0.4, -0.2) is 17.9 Å². The Morgan fingerprint density at radius 2 is 2.14 bits per heavy atom. The average Bonchev–Trinajstić information content (AvgIpc) is 2.49. The molecule has 0 saturated heterocycles. The van der Waals surface area contributed by atoms with E-state index in [0.717, 1.165) is 22.1 Å². The molecule has 0 spiro atoms. The molecule has 0 saturated carbocycles. The maximum absolute atomic E-state index is 12.4. The number of anilines is 2. The number of carbonyl (C=O) groups is 1. The molecule has 0 aliphatic rings. The second kappa shape index (κ2) is 6.91. The minimum Gasteiger partial charge on any atom is -0.373 e. The summed E-state index contributed by atoms with van der Waals surface area (Å²) in [6.07, 6.45) is 2.28. The molecule has 0 atom stereocenters. The first-order chi connectivity index (χ1) is 10.0. The molecule has 0 fully saturated rings. The van der Waals surface area contributed by atoms with Gasteiger partial charge in [0.2, 0.25) is 0 Å². The second-order valence-electron chi connectivity index (χ2n) is 4.41. The van der Waals surface area contributed by atoms with Crippen LogP contribution in [0.1, 0.15) is 22.8 Å². The summed E-state index contributed by atoms with van der Waals surface area (Å²) in [6, 6.07) is 7.38. The van der Waals surface area contributed by atoms with Crippen molar-refractivity contribution in [2.24, 2.45) is 0 Å². The number of halogens is 2. The third-order valence-electron chi connectivity index (χ3n) is 3.05. The van der Waals surface area contributed by atoms with E-state index in [9.17, 15) is 4.79 Å². The fourth-order valence-corrected chi connectivity index (χ4v) is 2.51. The van der Waals surface area contributed by atoms with E-state index in [-0.39, 0.29) is 5.91 Å². The number of aryl methyl sites for hydroxylation is 1. The minimum absolute atomic E-state index is 0.254. The Balaban J connectivity index is 2.30. The maximum Gasteiger partial charge on any atom is 0.257 e. The summed E-state index contributed by atoms with van der Waals surface area (Å²) in [5.41, 5.74) is 2.22. The van der Waals surface area contributed by atoms with Crippen LogP contribution in [0.4, 0.5) is 11.5 Å². The molecule has 110 valence electrons. The summed E-state index contributed by atoms with van der Waals surface area (Å²) in [5, 5.41) is 6.11. The van der Waals surface area contributed by atoms with Crippen LogP contribution < -0.4 is 10.6 Å². The highest BCUT2D eigenvalue weighted by atomic mass is 79.9. The van der Waals surface area contributed by atoms with Crippen molar-refractivity contribution >= 4 is 44.9 Å². The van der Waals surface area contributed by atoms with Crippen molar-refractivity contribution in [3.63, 3.8) is 0 Å². The number of rotatable bonds is 4. The number of hydrogen-bond acceptors (Lipinski definition) is 3. The van der Waals surface area contributed by atoms with Gasteiger partial charge in [0.1, 0.15) is 5.82 Å². The first-order valence-electron chi connectivity index (χ1n) is 6.48. The van der Waals surface area contributed by atoms with Gasteiger partial charge in [0, 0.05) is 23.4 Å². The molecular weight excluding hydrogens is 354 g/mol. The molecule has 1 amide bonds. The van der Waals surface area contributed by atoms with E-state index < -0.39 is 0 Å². The number of hydrogen-bond donors (Lipinski definition) is 2. The van der Waals surface area contributed by atoms with E-state index in [1.54, 1.807) is 13.1 Å². The number of nitrogens with zero attached hydrogens (tertiary/aromatic N) is 1. The Morgan fingerprint density at radius 1 is 1.38 bits per heavy atom. The molecule has 4 nitrogen and oxygen atoms in total. The molecule has 1 aromatic carbocycles. The third kappa shape index (κ3) is 3.74. The number of pyridine rings is 1. The van der Waals surface area contributed by atoms with E-state index in [1.807, 2.05) is 25.1 Å². The minimum atomic E-state index is -0.254. The lowest BCUT2D eigenvalue weighted by Crippen LogP contribution is -2.14. The van der Waals surface area contributed by atoms with Crippen LogP contribution in [0.15, 0.2) is 34.9 Å². The van der Waals surface area contributed by atoms with Crippen molar-refractivity contribution in [1.82, 2.24) is 4.98 Å². The summed E-state index contributed by atoms with van der Waals surface area (Å²) in [7, 11) is 1.74.